The highest BCUT2D eigenvalue weighted by Crippen LogP contribution is 2.51. The normalized spacial score (nSPS) is 30.3. The van der Waals surface area contributed by atoms with Crippen molar-refractivity contribution in [2.24, 2.45) is 23.7 Å². The van der Waals surface area contributed by atoms with Gasteiger partial charge in [-0.3, -0.25) is 9.59 Å². The summed E-state index contributed by atoms with van der Waals surface area (Å²) in [6.45, 7) is 1.58. The van der Waals surface area contributed by atoms with Crippen LogP contribution >= 0.6 is 0 Å². The quantitative estimate of drug-likeness (QED) is 0.610. The van der Waals surface area contributed by atoms with Crippen LogP contribution in [0.2, 0.25) is 0 Å². The molecule has 2 nitrogen and oxygen atoms in total. The fourth-order valence-corrected chi connectivity index (χ4v) is 4.16. The molecule has 1 aromatic carbocycles. The molecule has 19 heavy (non-hydrogen) atoms. The van der Waals surface area contributed by atoms with Gasteiger partial charge in [-0.15, -0.1) is 0 Å². The second-order valence-electron chi connectivity index (χ2n) is 6.16. The van der Waals surface area contributed by atoms with Crippen LogP contribution < -0.4 is 0 Å². The molecule has 4 atom stereocenters. The van der Waals surface area contributed by atoms with E-state index in [0.717, 1.165) is 12.3 Å². The number of carbonyl (C=O) groups excluding carboxylic acids is 2. The van der Waals surface area contributed by atoms with Gasteiger partial charge in [0.2, 0.25) is 0 Å². The van der Waals surface area contributed by atoms with Crippen molar-refractivity contribution in [2.75, 3.05) is 0 Å². The summed E-state index contributed by atoms with van der Waals surface area (Å²) in [5.74, 6) is 1.34. The van der Waals surface area contributed by atoms with Gasteiger partial charge in [0.15, 0.2) is 5.78 Å². The zero-order valence-electron chi connectivity index (χ0n) is 11.3. The number of hydrogen-bond acceptors (Lipinski definition) is 2. The highest BCUT2D eigenvalue weighted by molar-refractivity contribution is 6.10. The smallest absolute Gasteiger partial charge is 0.173 e. The maximum absolute atomic E-state index is 12.6. The molecule has 0 heterocycles. The van der Waals surface area contributed by atoms with Gasteiger partial charge in [-0.05, 0) is 43.9 Å². The molecule has 2 heteroatoms. The second kappa shape index (κ2) is 4.92. The summed E-state index contributed by atoms with van der Waals surface area (Å²) in [5, 5.41) is 0. The number of Topliss-reactive ketones (excluding diaryl/α,β-unsaturated/α-hetero) is 2. The molecular formula is C17H20O2. The SMILES string of the molecule is CC(=O)C(C(=O)c1ccccc1)[C@@H]1C[C@H]2CC[C@@H]1C2. The third-order valence-corrected chi connectivity index (χ3v) is 5.00. The molecule has 0 aliphatic heterocycles. The molecule has 2 bridgehead atoms. The van der Waals surface area contributed by atoms with E-state index in [4.69, 9.17) is 0 Å². The zero-order valence-corrected chi connectivity index (χ0v) is 11.3. The van der Waals surface area contributed by atoms with Gasteiger partial charge in [-0.25, -0.2) is 0 Å². The lowest BCUT2D eigenvalue weighted by atomic mass is 9.74. The van der Waals surface area contributed by atoms with Gasteiger partial charge in [0, 0.05) is 5.56 Å². The lowest BCUT2D eigenvalue weighted by Gasteiger charge is -2.27. The predicted octanol–water partition coefficient (Wildman–Crippen LogP) is 3.51. The molecule has 0 spiro atoms. The lowest BCUT2D eigenvalue weighted by Crippen LogP contribution is -2.33. The Morgan fingerprint density at radius 2 is 1.84 bits per heavy atom. The minimum atomic E-state index is -0.405. The third-order valence-electron chi connectivity index (χ3n) is 5.00. The van der Waals surface area contributed by atoms with Crippen LogP contribution in [-0.4, -0.2) is 11.6 Å². The van der Waals surface area contributed by atoms with E-state index >= 15 is 0 Å². The van der Waals surface area contributed by atoms with E-state index < -0.39 is 5.92 Å². The maximum Gasteiger partial charge on any atom is 0.173 e. The fraction of sp³-hybridized carbons (Fsp3) is 0.529. The number of fused-ring (bicyclic) bond motifs is 2. The molecule has 0 aromatic heterocycles. The van der Waals surface area contributed by atoms with Crippen LogP contribution in [-0.2, 0) is 4.79 Å². The number of ketones is 2. The summed E-state index contributed by atoms with van der Waals surface area (Å²) in [6.07, 6.45) is 4.82. The van der Waals surface area contributed by atoms with Crippen molar-refractivity contribution in [3.05, 3.63) is 35.9 Å². The molecule has 1 unspecified atom stereocenters. The highest BCUT2D eigenvalue weighted by atomic mass is 16.1. The summed E-state index contributed by atoms with van der Waals surface area (Å²) < 4.78 is 0. The van der Waals surface area contributed by atoms with Crippen LogP contribution in [0.4, 0.5) is 0 Å². The Balaban J connectivity index is 1.86. The Kier molecular flexibility index (Phi) is 3.26. The molecule has 100 valence electrons. The van der Waals surface area contributed by atoms with E-state index in [-0.39, 0.29) is 11.6 Å². The molecule has 2 aliphatic carbocycles. The van der Waals surface area contributed by atoms with E-state index in [9.17, 15) is 9.59 Å². The number of rotatable bonds is 4. The Morgan fingerprint density at radius 1 is 1.11 bits per heavy atom. The van der Waals surface area contributed by atoms with Crippen molar-refractivity contribution in [1.29, 1.82) is 0 Å². The van der Waals surface area contributed by atoms with E-state index in [1.807, 2.05) is 30.3 Å². The van der Waals surface area contributed by atoms with Crippen LogP contribution in [0.3, 0.4) is 0 Å². The monoisotopic (exact) mass is 256 g/mol. The summed E-state index contributed by atoms with van der Waals surface area (Å²) in [6, 6.07) is 9.28. The van der Waals surface area contributed by atoms with Gasteiger partial charge in [-0.2, -0.15) is 0 Å². The first kappa shape index (κ1) is 12.6. The number of carbonyl (C=O) groups is 2. The largest absolute Gasteiger partial charge is 0.299 e. The van der Waals surface area contributed by atoms with Crippen molar-refractivity contribution >= 4 is 11.6 Å². The van der Waals surface area contributed by atoms with Gasteiger partial charge in [0.25, 0.3) is 0 Å². The predicted molar refractivity (Wildman–Crippen MR) is 73.9 cm³/mol. The zero-order chi connectivity index (χ0) is 13.4. The summed E-state index contributed by atoms with van der Waals surface area (Å²) >= 11 is 0. The van der Waals surface area contributed by atoms with Crippen LogP contribution in [0.25, 0.3) is 0 Å². The molecule has 2 saturated carbocycles. The Bertz CT molecular complexity index is 491. The fourth-order valence-electron chi connectivity index (χ4n) is 4.16. The van der Waals surface area contributed by atoms with Crippen molar-refractivity contribution in [2.45, 2.75) is 32.6 Å². The summed E-state index contributed by atoms with van der Waals surface area (Å²) in [5.41, 5.74) is 0.686. The van der Waals surface area contributed by atoms with E-state index in [1.54, 1.807) is 6.92 Å². The van der Waals surface area contributed by atoms with Crippen molar-refractivity contribution in [3.63, 3.8) is 0 Å². The molecule has 2 aliphatic rings. The molecule has 0 amide bonds. The lowest BCUT2D eigenvalue weighted by molar-refractivity contribution is -0.121. The van der Waals surface area contributed by atoms with Crippen LogP contribution in [0.5, 0.6) is 0 Å². The third kappa shape index (κ3) is 2.24. The van der Waals surface area contributed by atoms with Crippen molar-refractivity contribution in [3.8, 4) is 0 Å². The Hall–Kier alpha value is -1.44. The highest BCUT2D eigenvalue weighted by Gasteiger charge is 2.46. The van der Waals surface area contributed by atoms with Crippen LogP contribution in [0.1, 0.15) is 43.0 Å². The molecule has 0 saturated heterocycles. The summed E-state index contributed by atoms with van der Waals surface area (Å²) in [4.78, 5) is 24.6. The number of benzene rings is 1. The van der Waals surface area contributed by atoms with E-state index in [1.165, 1.54) is 19.3 Å². The average molecular weight is 256 g/mol. The molecule has 2 fully saturated rings. The van der Waals surface area contributed by atoms with E-state index in [2.05, 4.69) is 0 Å². The van der Waals surface area contributed by atoms with Crippen LogP contribution in [0.15, 0.2) is 30.3 Å². The first-order valence-electron chi connectivity index (χ1n) is 7.26. The van der Waals surface area contributed by atoms with Gasteiger partial charge in [0.05, 0.1) is 5.92 Å². The van der Waals surface area contributed by atoms with Crippen molar-refractivity contribution < 1.29 is 9.59 Å². The van der Waals surface area contributed by atoms with Crippen molar-refractivity contribution in [1.82, 2.24) is 0 Å². The van der Waals surface area contributed by atoms with Gasteiger partial charge in [0.1, 0.15) is 5.78 Å². The van der Waals surface area contributed by atoms with Gasteiger partial charge in [-0.1, -0.05) is 36.8 Å². The van der Waals surface area contributed by atoms with E-state index in [0.29, 0.717) is 17.4 Å². The van der Waals surface area contributed by atoms with Crippen LogP contribution in [0, 0.1) is 23.7 Å². The summed E-state index contributed by atoms with van der Waals surface area (Å²) in [7, 11) is 0. The minimum absolute atomic E-state index is 0.0330. The minimum Gasteiger partial charge on any atom is -0.299 e. The topological polar surface area (TPSA) is 34.1 Å². The van der Waals surface area contributed by atoms with Gasteiger partial charge >= 0.3 is 0 Å². The standard InChI is InChI=1S/C17H20O2/c1-11(18)16(15-10-12-7-8-14(15)9-12)17(19)13-5-3-2-4-6-13/h2-6,12,14-16H,7-10H2,1H3/t12-,14+,15+,16?/m0/s1. The average Bonchev–Trinajstić information content (AvgIpc) is 3.02. The maximum atomic E-state index is 12.6. The first-order valence-corrected chi connectivity index (χ1v) is 7.26. The Labute approximate surface area is 114 Å². The molecule has 1 aromatic rings. The first-order chi connectivity index (χ1) is 9.16. The molecule has 0 radical (unpaired) electrons. The second-order valence-corrected chi connectivity index (χ2v) is 6.16. The Morgan fingerprint density at radius 3 is 2.37 bits per heavy atom. The molecular weight excluding hydrogens is 236 g/mol. The molecule has 0 N–H and O–H groups in total. The number of hydrogen-bond donors (Lipinski definition) is 0. The molecule has 3 rings (SSSR count). The van der Waals surface area contributed by atoms with Gasteiger partial charge < -0.3 is 0 Å².